The van der Waals surface area contributed by atoms with Crippen molar-refractivity contribution in [1.82, 2.24) is 0 Å². The molecule has 3 N–H and O–H groups in total. The third-order valence-electron chi connectivity index (χ3n) is 2.94. The number of nitrogens with one attached hydrogen (secondary N) is 1. The maximum atomic E-state index is 5.74. The molecule has 2 rings (SSSR count). The second kappa shape index (κ2) is 4.11. The molecule has 0 aromatic heterocycles. The van der Waals surface area contributed by atoms with Crippen molar-refractivity contribution in [3.05, 3.63) is 23.8 Å². The summed E-state index contributed by atoms with van der Waals surface area (Å²) in [7, 11) is 0. The molecule has 1 aliphatic heterocycles. The molecular formula is C12H19N3. The minimum Gasteiger partial charge on any atom is -0.381 e. The van der Waals surface area contributed by atoms with E-state index in [1.54, 1.807) is 0 Å². The van der Waals surface area contributed by atoms with Gasteiger partial charge in [-0.25, -0.2) is 0 Å². The molecule has 1 heterocycles. The van der Waals surface area contributed by atoms with E-state index in [4.69, 9.17) is 5.73 Å². The van der Waals surface area contributed by atoms with Crippen molar-refractivity contribution in [2.75, 3.05) is 23.3 Å². The molecule has 15 heavy (non-hydrogen) atoms. The van der Waals surface area contributed by atoms with Crippen molar-refractivity contribution in [2.45, 2.75) is 26.4 Å². The van der Waals surface area contributed by atoms with Gasteiger partial charge in [-0.3, -0.25) is 0 Å². The topological polar surface area (TPSA) is 41.3 Å². The largest absolute Gasteiger partial charge is 0.381 e. The second-order valence-electron chi connectivity index (χ2n) is 4.23. The maximum absolute atomic E-state index is 5.74. The Morgan fingerprint density at radius 2 is 2.27 bits per heavy atom. The van der Waals surface area contributed by atoms with Crippen molar-refractivity contribution in [3.8, 4) is 0 Å². The smallest absolute Gasteiger partial charge is 0.0624 e. The number of hydrogen-bond donors (Lipinski definition) is 2. The van der Waals surface area contributed by atoms with Gasteiger partial charge >= 0.3 is 0 Å². The number of nitrogens with two attached hydrogens (primary N) is 1. The van der Waals surface area contributed by atoms with Crippen LogP contribution < -0.4 is 16.0 Å². The van der Waals surface area contributed by atoms with Crippen LogP contribution >= 0.6 is 0 Å². The van der Waals surface area contributed by atoms with Crippen LogP contribution in [0.3, 0.4) is 0 Å². The van der Waals surface area contributed by atoms with E-state index in [1.807, 2.05) is 0 Å². The Morgan fingerprint density at radius 3 is 2.93 bits per heavy atom. The Kier molecular flexibility index (Phi) is 2.82. The third kappa shape index (κ3) is 1.79. The molecule has 0 aliphatic carbocycles. The molecule has 1 aromatic carbocycles. The highest BCUT2D eigenvalue weighted by Crippen LogP contribution is 2.33. The van der Waals surface area contributed by atoms with Gasteiger partial charge in [0.1, 0.15) is 0 Å². The van der Waals surface area contributed by atoms with E-state index in [-0.39, 0.29) is 0 Å². The quantitative estimate of drug-likeness (QED) is 0.773. The Morgan fingerprint density at radius 1 is 1.47 bits per heavy atom. The number of benzene rings is 1. The van der Waals surface area contributed by atoms with Crippen LogP contribution in [0.1, 0.15) is 19.4 Å². The lowest BCUT2D eigenvalue weighted by Gasteiger charge is -2.36. The highest BCUT2D eigenvalue weighted by molar-refractivity contribution is 5.75. The molecule has 0 radical (unpaired) electrons. The predicted molar refractivity (Wildman–Crippen MR) is 65.3 cm³/mol. The Hall–Kier alpha value is -1.22. The van der Waals surface area contributed by atoms with Crippen molar-refractivity contribution >= 4 is 11.4 Å². The van der Waals surface area contributed by atoms with Gasteiger partial charge in [0.25, 0.3) is 0 Å². The van der Waals surface area contributed by atoms with Crippen LogP contribution in [0.15, 0.2) is 18.2 Å². The van der Waals surface area contributed by atoms with E-state index >= 15 is 0 Å². The SMILES string of the molecule is CC(C)N1CCNc2c(CN)cccc21. The van der Waals surface area contributed by atoms with E-state index in [0.717, 1.165) is 13.1 Å². The second-order valence-corrected chi connectivity index (χ2v) is 4.23. The lowest BCUT2D eigenvalue weighted by atomic mass is 10.1. The molecule has 0 amide bonds. The number of rotatable bonds is 2. The Balaban J connectivity index is 2.44. The summed E-state index contributed by atoms with van der Waals surface area (Å²) < 4.78 is 0. The van der Waals surface area contributed by atoms with Crippen molar-refractivity contribution < 1.29 is 0 Å². The normalized spacial score (nSPS) is 15.1. The minimum atomic E-state index is 0.541. The van der Waals surface area contributed by atoms with Crippen LogP contribution in [0.2, 0.25) is 0 Å². The van der Waals surface area contributed by atoms with Crippen molar-refractivity contribution in [2.24, 2.45) is 5.73 Å². The van der Waals surface area contributed by atoms with Gasteiger partial charge in [-0.05, 0) is 25.5 Å². The third-order valence-corrected chi connectivity index (χ3v) is 2.94. The molecule has 3 nitrogen and oxygen atoms in total. The number of hydrogen-bond acceptors (Lipinski definition) is 3. The summed E-state index contributed by atoms with van der Waals surface area (Å²) in [5.74, 6) is 0. The van der Waals surface area contributed by atoms with E-state index in [9.17, 15) is 0 Å². The van der Waals surface area contributed by atoms with E-state index in [2.05, 4.69) is 42.3 Å². The Labute approximate surface area is 91.3 Å². The highest BCUT2D eigenvalue weighted by atomic mass is 15.2. The predicted octanol–water partition coefficient (Wildman–Crippen LogP) is 1.79. The average molecular weight is 205 g/mol. The van der Waals surface area contributed by atoms with Crippen LogP contribution in [0.5, 0.6) is 0 Å². The standard InChI is InChI=1S/C12H19N3/c1-9(2)15-7-6-14-12-10(8-13)4-3-5-11(12)15/h3-5,9,14H,6-8,13H2,1-2H3. The summed E-state index contributed by atoms with van der Waals surface area (Å²) >= 11 is 0. The summed E-state index contributed by atoms with van der Waals surface area (Å²) in [5, 5.41) is 3.45. The number of anilines is 2. The van der Waals surface area contributed by atoms with Crippen molar-refractivity contribution in [3.63, 3.8) is 0 Å². The molecule has 0 saturated carbocycles. The fourth-order valence-corrected chi connectivity index (χ4v) is 2.16. The molecule has 0 spiro atoms. The van der Waals surface area contributed by atoms with Gasteiger partial charge in [0.05, 0.1) is 11.4 Å². The monoisotopic (exact) mass is 205 g/mol. The first-order chi connectivity index (χ1) is 7.24. The van der Waals surface area contributed by atoms with Gasteiger partial charge in [0.15, 0.2) is 0 Å². The zero-order valence-electron chi connectivity index (χ0n) is 9.46. The number of para-hydroxylation sites is 1. The molecular weight excluding hydrogens is 186 g/mol. The molecule has 0 saturated heterocycles. The summed E-state index contributed by atoms with van der Waals surface area (Å²) in [6, 6.07) is 6.89. The van der Waals surface area contributed by atoms with E-state index < -0.39 is 0 Å². The molecule has 0 fully saturated rings. The van der Waals surface area contributed by atoms with Crippen LogP contribution in [-0.2, 0) is 6.54 Å². The fraction of sp³-hybridized carbons (Fsp3) is 0.500. The molecule has 0 bridgehead atoms. The first kappa shape index (κ1) is 10.3. The summed E-state index contributed by atoms with van der Waals surface area (Å²) in [6.07, 6.45) is 0. The Bertz CT molecular complexity index is 347. The molecule has 82 valence electrons. The zero-order chi connectivity index (χ0) is 10.8. The first-order valence-electron chi connectivity index (χ1n) is 5.56. The number of nitrogens with zero attached hydrogens (tertiary/aromatic N) is 1. The highest BCUT2D eigenvalue weighted by Gasteiger charge is 2.19. The summed E-state index contributed by atoms with van der Waals surface area (Å²) in [5.41, 5.74) is 9.46. The lowest BCUT2D eigenvalue weighted by molar-refractivity contribution is 0.680. The minimum absolute atomic E-state index is 0.541. The first-order valence-corrected chi connectivity index (χ1v) is 5.56. The molecule has 1 aromatic rings. The molecule has 1 aliphatic rings. The van der Waals surface area contributed by atoms with Crippen LogP contribution in [0, 0.1) is 0 Å². The average Bonchev–Trinajstić information content (AvgIpc) is 2.27. The lowest BCUT2D eigenvalue weighted by Crippen LogP contribution is -2.39. The summed E-state index contributed by atoms with van der Waals surface area (Å²) in [6.45, 7) is 7.12. The van der Waals surface area contributed by atoms with E-state index in [0.29, 0.717) is 12.6 Å². The van der Waals surface area contributed by atoms with Crippen LogP contribution in [0.4, 0.5) is 11.4 Å². The van der Waals surface area contributed by atoms with E-state index in [1.165, 1.54) is 16.9 Å². The van der Waals surface area contributed by atoms with Gasteiger partial charge in [-0.2, -0.15) is 0 Å². The number of fused-ring (bicyclic) bond motifs is 1. The summed E-state index contributed by atoms with van der Waals surface area (Å²) in [4.78, 5) is 2.42. The van der Waals surface area contributed by atoms with Gasteiger partial charge in [-0.15, -0.1) is 0 Å². The van der Waals surface area contributed by atoms with Gasteiger partial charge < -0.3 is 16.0 Å². The zero-order valence-corrected chi connectivity index (χ0v) is 9.46. The molecule has 0 unspecified atom stereocenters. The van der Waals surface area contributed by atoms with Crippen LogP contribution in [-0.4, -0.2) is 19.1 Å². The van der Waals surface area contributed by atoms with Gasteiger partial charge in [0.2, 0.25) is 0 Å². The fourth-order valence-electron chi connectivity index (χ4n) is 2.16. The van der Waals surface area contributed by atoms with Crippen molar-refractivity contribution in [1.29, 1.82) is 0 Å². The van der Waals surface area contributed by atoms with Crippen LogP contribution in [0.25, 0.3) is 0 Å². The maximum Gasteiger partial charge on any atom is 0.0624 e. The van der Waals surface area contributed by atoms with Gasteiger partial charge in [0, 0.05) is 25.7 Å². The molecule has 3 heteroatoms. The molecule has 0 atom stereocenters. The van der Waals surface area contributed by atoms with Gasteiger partial charge in [-0.1, -0.05) is 12.1 Å².